The summed E-state index contributed by atoms with van der Waals surface area (Å²) in [5.74, 6) is -0.668. The molecule has 148 valence electrons. The number of urea groups is 1. The van der Waals surface area contributed by atoms with Crippen molar-refractivity contribution in [1.29, 1.82) is 0 Å². The number of halogens is 1. The van der Waals surface area contributed by atoms with Crippen molar-refractivity contribution in [3.05, 3.63) is 29.3 Å². The largest absolute Gasteiger partial charge is 0.335 e. The lowest BCUT2D eigenvalue weighted by atomic mass is 9.96. The average Bonchev–Trinajstić information content (AvgIpc) is 2.63. The maximum atomic E-state index is 12.3. The van der Waals surface area contributed by atoms with Crippen LogP contribution < -0.4 is 20.9 Å². The van der Waals surface area contributed by atoms with Gasteiger partial charge in [-0.3, -0.25) is 14.9 Å². The Morgan fingerprint density at radius 2 is 1.85 bits per heavy atom. The highest BCUT2D eigenvalue weighted by molar-refractivity contribution is 6.33. The maximum Gasteiger partial charge on any atom is 0.321 e. The predicted molar refractivity (Wildman–Crippen MR) is 105 cm³/mol. The van der Waals surface area contributed by atoms with Crippen LogP contribution in [-0.4, -0.2) is 43.5 Å². The molecular weight excluding hydrogens is 368 g/mol. The number of likely N-dealkylation sites (N-methyl/N-ethyl adjacent to an activating group) is 1. The van der Waals surface area contributed by atoms with Gasteiger partial charge in [-0.15, -0.1) is 0 Å². The van der Waals surface area contributed by atoms with Crippen molar-refractivity contribution < 1.29 is 19.3 Å². The van der Waals surface area contributed by atoms with E-state index in [0.717, 1.165) is 25.7 Å². The molecule has 0 spiro atoms. The van der Waals surface area contributed by atoms with Gasteiger partial charge < -0.3 is 15.5 Å². The molecule has 1 saturated carbocycles. The van der Waals surface area contributed by atoms with Gasteiger partial charge in [0.1, 0.15) is 0 Å². The lowest BCUT2D eigenvalue weighted by Gasteiger charge is -2.24. The topological polar surface area (TPSA) is 91.7 Å². The molecule has 0 heterocycles. The molecule has 7 nitrogen and oxygen atoms in total. The van der Waals surface area contributed by atoms with Crippen LogP contribution in [-0.2, 0) is 9.59 Å². The second-order valence-corrected chi connectivity index (χ2v) is 7.48. The first-order valence-electron chi connectivity index (χ1n) is 9.35. The molecule has 1 aromatic rings. The monoisotopic (exact) mass is 395 g/mol. The first-order chi connectivity index (χ1) is 12.9. The fourth-order valence-electron chi connectivity index (χ4n) is 3.08. The summed E-state index contributed by atoms with van der Waals surface area (Å²) in [4.78, 5) is 37.1. The van der Waals surface area contributed by atoms with E-state index in [9.17, 15) is 14.4 Å². The quantitative estimate of drug-likeness (QED) is 0.585. The van der Waals surface area contributed by atoms with Gasteiger partial charge in [0.25, 0.3) is 11.8 Å². The number of amides is 4. The van der Waals surface area contributed by atoms with E-state index in [1.807, 2.05) is 0 Å². The van der Waals surface area contributed by atoms with Gasteiger partial charge in [-0.1, -0.05) is 43.0 Å². The van der Waals surface area contributed by atoms with Crippen molar-refractivity contribution in [2.45, 2.75) is 51.1 Å². The third-order valence-electron chi connectivity index (χ3n) is 4.90. The second-order valence-electron chi connectivity index (χ2n) is 7.07. The fraction of sp³-hybridized carbons (Fsp3) is 0.526. The number of nitrogens with one attached hydrogen (secondary N) is 4. The fourth-order valence-corrected chi connectivity index (χ4v) is 3.26. The van der Waals surface area contributed by atoms with Crippen LogP contribution in [0.25, 0.3) is 0 Å². The van der Waals surface area contributed by atoms with E-state index in [1.54, 1.807) is 38.2 Å². The molecule has 1 fully saturated rings. The number of hydrogen-bond donors (Lipinski definition) is 4. The number of hydrogen-bond acceptors (Lipinski definition) is 3. The number of carbonyl (C=O) groups excluding carboxylic acids is 3. The van der Waals surface area contributed by atoms with Gasteiger partial charge in [0.2, 0.25) is 0 Å². The summed E-state index contributed by atoms with van der Waals surface area (Å²) >= 11 is 6.03. The molecule has 8 heteroatoms. The molecule has 0 saturated heterocycles. The van der Waals surface area contributed by atoms with E-state index in [0.29, 0.717) is 15.6 Å². The molecule has 0 bridgehead atoms. The molecule has 27 heavy (non-hydrogen) atoms. The SMILES string of the molecule is C[C@@H](C(=O)NC(=O)NC1CCCCC1)[NH+](C)CC(=O)Nc1ccccc1Cl. The lowest BCUT2D eigenvalue weighted by Crippen LogP contribution is -3.15. The van der Waals surface area contributed by atoms with Crippen LogP contribution >= 0.6 is 11.6 Å². The number of para-hydroxylation sites is 1. The van der Waals surface area contributed by atoms with E-state index in [4.69, 9.17) is 11.6 Å². The van der Waals surface area contributed by atoms with Gasteiger partial charge >= 0.3 is 6.03 Å². The van der Waals surface area contributed by atoms with Gasteiger partial charge in [-0.25, -0.2) is 4.79 Å². The second kappa shape index (κ2) is 10.3. The minimum atomic E-state index is -0.556. The van der Waals surface area contributed by atoms with Crippen LogP contribution in [0, 0.1) is 0 Å². The molecular formula is C19H28ClN4O3+. The molecule has 2 rings (SSSR count). The zero-order valence-electron chi connectivity index (χ0n) is 15.8. The number of anilines is 1. The Balaban J connectivity index is 1.78. The minimum absolute atomic E-state index is 0.0735. The highest BCUT2D eigenvalue weighted by atomic mass is 35.5. The van der Waals surface area contributed by atoms with Gasteiger partial charge in [-0.2, -0.15) is 0 Å². The van der Waals surface area contributed by atoms with Gasteiger partial charge in [0.15, 0.2) is 12.6 Å². The Morgan fingerprint density at radius 3 is 2.52 bits per heavy atom. The standard InChI is InChI=1S/C19H27ClN4O3/c1-13(18(26)23-19(27)21-14-8-4-3-5-9-14)24(2)12-17(25)22-16-11-7-6-10-15(16)20/h6-7,10-11,13-14H,3-5,8-9,12H2,1-2H3,(H,22,25)(H2,21,23,26,27)/p+1/t13-/m0/s1. The van der Waals surface area contributed by atoms with Crippen LogP contribution in [0.4, 0.5) is 10.5 Å². The van der Waals surface area contributed by atoms with Crippen molar-refractivity contribution in [1.82, 2.24) is 10.6 Å². The van der Waals surface area contributed by atoms with Gasteiger partial charge in [0, 0.05) is 6.04 Å². The van der Waals surface area contributed by atoms with E-state index in [2.05, 4.69) is 16.0 Å². The molecule has 0 aliphatic heterocycles. The van der Waals surface area contributed by atoms with Crippen LogP contribution in [0.15, 0.2) is 24.3 Å². The number of benzene rings is 1. The molecule has 4 amide bonds. The van der Waals surface area contributed by atoms with Crippen molar-refractivity contribution in [2.24, 2.45) is 0 Å². The Hall–Kier alpha value is -2.12. The average molecular weight is 396 g/mol. The first kappa shape index (κ1) is 21.2. The number of quaternary nitrogens is 1. The lowest BCUT2D eigenvalue weighted by molar-refractivity contribution is -0.885. The molecule has 1 aromatic carbocycles. The Labute approximate surface area is 164 Å². The number of carbonyl (C=O) groups is 3. The summed E-state index contributed by atoms with van der Waals surface area (Å²) in [6, 6.07) is 6.06. The molecule has 1 aliphatic carbocycles. The van der Waals surface area contributed by atoms with Crippen molar-refractivity contribution in [2.75, 3.05) is 18.9 Å². The summed E-state index contributed by atoms with van der Waals surface area (Å²) in [5.41, 5.74) is 0.529. The number of imide groups is 1. The maximum absolute atomic E-state index is 12.3. The molecule has 2 atom stereocenters. The highest BCUT2D eigenvalue weighted by Crippen LogP contribution is 2.20. The summed E-state index contributed by atoms with van der Waals surface area (Å²) in [6.07, 6.45) is 5.29. The molecule has 0 aromatic heterocycles. The van der Waals surface area contributed by atoms with Gasteiger partial charge in [0.05, 0.1) is 17.8 Å². The predicted octanol–water partition coefficient (Wildman–Crippen LogP) is 1.34. The molecule has 1 unspecified atom stereocenters. The first-order valence-corrected chi connectivity index (χ1v) is 9.72. The Morgan fingerprint density at radius 1 is 1.19 bits per heavy atom. The minimum Gasteiger partial charge on any atom is -0.335 e. The van der Waals surface area contributed by atoms with Crippen LogP contribution in [0.3, 0.4) is 0 Å². The van der Waals surface area contributed by atoms with Crippen molar-refractivity contribution >= 4 is 35.1 Å². The van der Waals surface area contributed by atoms with Crippen LogP contribution in [0.1, 0.15) is 39.0 Å². The Kier molecular flexibility index (Phi) is 8.06. The van der Waals surface area contributed by atoms with Crippen LogP contribution in [0.5, 0.6) is 0 Å². The highest BCUT2D eigenvalue weighted by Gasteiger charge is 2.26. The van der Waals surface area contributed by atoms with E-state index >= 15 is 0 Å². The summed E-state index contributed by atoms with van der Waals surface area (Å²) in [5, 5.41) is 8.41. The zero-order chi connectivity index (χ0) is 19.8. The summed E-state index contributed by atoms with van der Waals surface area (Å²) in [7, 11) is 1.73. The summed E-state index contributed by atoms with van der Waals surface area (Å²) in [6.45, 7) is 1.76. The third kappa shape index (κ3) is 6.84. The smallest absolute Gasteiger partial charge is 0.321 e. The third-order valence-corrected chi connectivity index (χ3v) is 5.23. The number of rotatable bonds is 6. The van der Waals surface area contributed by atoms with E-state index in [1.165, 1.54) is 6.42 Å². The molecule has 4 N–H and O–H groups in total. The van der Waals surface area contributed by atoms with E-state index < -0.39 is 18.0 Å². The van der Waals surface area contributed by atoms with Crippen molar-refractivity contribution in [3.8, 4) is 0 Å². The normalized spacial score (nSPS) is 16.9. The van der Waals surface area contributed by atoms with Gasteiger partial charge in [-0.05, 0) is 31.9 Å². The van der Waals surface area contributed by atoms with Crippen LogP contribution in [0.2, 0.25) is 5.02 Å². The molecule has 1 aliphatic rings. The Bertz CT molecular complexity index is 677. The van der Waals surface area contributed by atoms with E-state index in [-0.39, 0.29) is 18.5 Å². The molecule has 0 radical (unpaired) electrons. The summed E-state index contributed by atoms with van der Waals surface area (Å²) < 4.78 is 0. The van der Waals surface area contributed by atoms with Crippen molar-refractivity contribution in [3.63, 3.8) is 0 Å². The zero-order valence-corrected chi connectivity index (χ0v) is 16.6.